The Hall–Kier alpha value is -0.740. The van der Waals surface area contributed by atoms with Gasteiger partial charge in [0.25, 0.3) is 0 Å². The van der Waals surface area contributed by atoms with E-state index in [1.165, 1.54) is 0 Å². The molecule has 8 nitrogen and oxygen atoms in total. The first-order valence-corrected chi connectivity index (χ1v) is 11.0. The van der Waals surface area contributed by atoms with Gasteiger partial charge in [0.05, 0.1) is 12.0 Å². The molecule has 2 rings (SSSR count). The Kier molecular flexibility index (Phi) is 11.6. The molecule has 0 aromatic heterocycles. The second-order valence-electron chi connectivity index (χ2n) is 8.97. The van der Waals surface area contributed by atoms with Gasteiger partial charge < -0.3 is 34.7 Å². The van der Waals surface area contributed by atoms with Crippen LogP contribution in [0.1, 0.15) is 59.8 Å². The van der Waals surface area contributed by atoms with Crippen LogP contribution < -0.4 is 34.7 Å². The number of rotatable bonds is 10. The maximum absolute atomic E-state index is 12.5. The number of carbonyl (C=O) groups is 2. The largest absolute Gasteiger partial charge is 1.00 e. The third kappa shape index (κ3) is 7.13. The zero-order valence-electron chi connectivity index (χ0n) is 19.7. The van der Waals surface area contributed by atoms with Gasteiger partial charge in [0.15, 0.2) is 12.6 Å². The van der Waals surface area contributed by atoms with E-state index in [1.54, 1.807) is 6.08 Å². The van der Waals surface area contributed by atoms with Crippen LogP contribution in [0.4, 0.5) is 0 Å². The molecule has 0 radical (unpaired) electrons. The molecule has 0 aliphatic heterocycles. The predicted molar refractivity (Wildman–Crippen MR) is 110 cm³/mol. The van der Waals surface area contributed by atoms with Gasteiger partial charge in [-0.1, -0.05) is 45.9 Å². The number of aliphatic hydroxyl groups excluding tert-OH is 3. The summed E-state index contributed by atoms with van der Waals surface area (Å²) in [7, 11) is 0. The first kappa shape index (κ1) is 29.3. The predicted octanol–water partition coefficient (Wildman–Crippen LogP) is -1.96. The number of aliphatic carboxylic acids is 1. The Balaban J connectivity index is 0.00000512. The standard InChI is InChI=1S/C23H36O8.Na/c1-5-13(2)22(29)30-18-11-16(24)10-15-7-6-14(3)17(23(15,18)4)8-9-20(27)31-21(28)12-19(25)26;/h6-7,10,13-14,16-18,20-21,24,27-28H,5,8-9,11-12H2,1-4H3,(H,25,26);/q;+1/p-1/t13-,14-,16+,17-,18?,20?,21?,23-;/m0./s1. The molecule has 2 aliphatic carbocycles. The molecule has 9 heteroatoms. The zero-order valence-corrected chi connectivity index (χ0v) is 21.7. The third-order valence-electron chi connectivity index (χ3n) is 6.76. The molecule has 8 atom stereocenters. The zero-order chi connectivity index (χ0) is 23.3. The topological polar surface area (TPSA) is 136 Å². The van der Waals surface area contributed by atoms with Crippen LogP contribution in [0.2, 0.25) is 0 Å². The van der Waals surface area contributed by atoms with Crippen molar-refractivity contribution in [1.82, 2.24) is 0 Å². The Morgan fingerprint density at radius 3 is 2.56 bits per heavy atom. The molecule has 32 heavy (non-hydrogen) atoms. The fourth-order valence-electron chi connectivity index (χ4n) is 4.65. The smallest absolute Gasteiger partial charge is 0.550 e. The van der Waals surface area contributed by atoms with Gasteiger partial charge in [-0.25, -0.2) is 0 Å². The van der Waals surface area contributed by atoms with Gasteiger partial charge >= 0.3 is 35.5 Å². The number of ether oxygens (including phenoxy) is 2. The molecule has 0 fully saturated rings. The summed E-state index contributed by atoms with van der Waals surface area (Å²) in [4.78, 5) is 23.1. The van der Waals surface area contributed by atoms with Gasteiger partial charge in [0.1, 0.15) is 6.10 Å². The second kappa shape index (κ2) is 12.6. The second-order valence-corrected chi connectivity index (χ2v) is 8.97. The van der Waals surface area contributed by atoms with Crippen LogP contribution >= 0.6 is 0 Å². The normalized spacial score (nSPS) is 32.0. The maximum Gasteiger partial charge on any atom is 1.00 e. The minimum atomic E-state index is -1.65. The first-order chi connectivity index (χ1) is 14.5. The monoisotopic (exact) mass is 462 g/mol. The fraction of sp³-hybridized carbons (Fsp3) is 0.739. The molecule has 3 N–H and O–H groups in total. The van der Waals surface area contributed by atoms with Crippen LogP contribution in [0.15, 0.2) is 23.8 Å². The molecule has 176 valence electrons. The van der Waals surface area contributed by atoms with Crippen LogP contribution in [-0.2, 0) is 19.1 Å². The average Bonchev–Trinajstić information content (AvgIpc) is 2.67. The molecule has 0 spiro atoms. The molecule has 3 unspecified atom stereocenters. The van der Waals surface area contributed by atoms with E-state index < -0.39 is 42.6 Å². The fourth-order valence-corrected chi connectivity index (χ4v) is 4.65. The number of carboxylic acid groups (broad SMARTS) is 1. The van der Waals surface area contributed by atoms with Gasteiger partial charge in [0.2, 0.25) is 0 Å². The van der Waals surface area contributed by atoms with Crippen LogP contribution in [0.5, 0.6) is 0 Å². The Morgan fingerprint density at radius 1 is 1.31 bits per heavy atom. The summed E-state index contributed by atoms with van der Waals surface area (Å²) in [6.07, 6.45) is 2.40. The summed E-state index contributed by atoms with van der Waals surface area (Å²) in [6, 6.07) is 0. The van der Waals surface area contributed by atoms with E-state index in [4.69, 9.17) is 9.47 Å². The van der Waals surface area contributed by atoms with E-state index in [2.05, 4.69) is 0 Å². The van der Waals surface area contributed by atoms with Crippen molar-refractivity contribution in [3.63, 3.8) is 0 Å². The van der Waals surface area contributed by atoms with Crippen molar-refractivity contribution in [3.05, 3.63) is 23.8 Å². The minimum Gasteiger partial charge on any atom is -0.550 e. The molecule has 0 heterocycles. The van der Waals surface area contributed by atoms with Crippen molar-refractivity contribution in [1.29, 1.82) is 0 Å². The van der Waals surface area contributed by atoms with Crippen molar-refractivity contribution < 1.29 is 69.0 Å². The van der Waals surface area contributed by atoms with Gasteiger partial charge in [-0.3, -0.25) is 4.79 Å². The SMILES string of the molecule is CC[C@H](C)C(=O)OC1C[C@H](O)C=C2C=C[C@H](C)[C@H](CCC(O)OC(O)CC(=O)[O-])[C@]21C.[Na+]. The average molecular weight is 463 g/mol. The van der Waals surface area contributed by atoms with E-state index in [0.29, 0.717) is 19.3 Å². The molecule has 0 saturated heterocycles. The third-order valence-corrected chi connectivity index (χ3v) is 6.76. The molecule has 2 aliphatic rings. The van der Waals surface area contributed by atoms with E-state index in [9.17, 15) is 30.0 Å². The molecule has 0 aromatic rings. The summed E-state index contributed by atoms with van der Waals surface area (Å²) in [5.74, 6) is -1.95. The summed E-state index contributed by atoms with van der Waals surface area (Å²) < 4.78 is 10.8. The Labute approximate surface area is 212 Å². The molecule has 0 amide bonds. The first-order valence-electron chi connectivity index (χ1n) is 11.0. The van der Waals surface area contributed by atoms with Gasteiger partial charge in [0, 0.05) is 24.2 Å². The van der Waals surface area contributed by atoms with Gasteiger partial charge in [-0.15, -0.1) is 0 Å². The number of carbonyl (C=O) groups excluding carboxylic acids is 2. The minimum absolute atomic E-state index is 0. The summed E-state index contributed by atoms with van der Waals surface area (Å²) in [5.41, 5.74) is 0.323. The van der Waals surface area contributed by atoms with Gasteiger partial charge in [-0.05, 0) is 36.7 Å². The number of aliphatic hydroxyl groups is 3. The molecule has 0 aromatic carbocycles. The molecule has 0 bridgehead atoms. The van der Waals surface area contributed by atoms with Crippen molar-refractivity contribution in [2.45, 2.75) is 84.6 Å². The van der Waals surface area contributed by atoms with Crippen molar-refractivity contribution in [2.24, 2.45) is 23.2 Å². The Morgan fingerprint density at radius 2 is 1.97 bits per heavy atom. The van der Waals surface area contributed by atoms with Crippen LogP contribution in [0.3, 0.4) is 0 Å². The number of hydrogen-bond acceptors (Lipinski definition) is 8. The van der Waals surface area contributed by atoms with E-state index in [0.717, 1.165) is 5.57 Å². The summed E-state index contributed by atoms with van der Waals surface area (Å²) in [6.45, 7) is 7.79. The van der Waals surface area contributed by atoms with Crippen LogP contribution in [-0.4, -0.2) is 52.0 Å². The van der Waals surface area contributed by atoms with Crippen molar-refractivity contribution >= 4 is 11.9 Å². The molecular weight excluding hydrogens is 427 g/mol. The molecule has 0 saturated carbocycles. The number of esters is 1. The van der Waals surface area contributed by atoms with E-state index in [1.807, 2.05) is 39.8 Å². The maximum atomic E-state index is 12.5. The quantitative estimate of drug-likeness (QED) is 0.193. The number of hydrogen-bond donors (Lipinski definition) is 3. The van der Waals surface area contributed by atoms with Crippen LogP contribution in [0.25, 0.3) is 0 Å². The number of fused-ring (bicyclic) bond motifs is 1. The molecular formula is C23H35NaO8. The summed E-state index contributed by atoms with van der Waals surface area (Å²) in [5, 5.41) is 40.6. The number of allylic oxidation sites excluding steroid dienone is 2. The van der Waals surface area contributed by atoms with Crippen molar-refractivity contribution in [3.8, 4) is 0 Å². The van der Waals surface area contributed by atoms with Crippen LogP contribution in [0, 0.1) is 23.2 Å². The Bertz CT molecular complexity index is 708. The summed E-state index contributed by atoms with van der Waals surface area (Å²) >= 11 is 0. The van der Waals surface area contributed by atoms with E-state index >= 15 is 0 Å². The number of carboxylic acids is 1. The van der Waals surface area contributed by atoms with E-state index in [-0.39, 0.29) is 59.7 Å². The van der Waals surface area contributed by atoms with Gasteiger partial charge in [-0.2, -0.15) is 0 Å². The van der Waals surface area contributed by atoms with Crippen molar-refractivity contribution in [2.75, 3.05) is 0 Å².